The molecule has 1 aromatic carbocycles. The number of rotatable bonds is 18. The van der Waals surface area contributed by atoms with Gasteiger partial charge < -0.3 is 35.0 Å². The molecule has 4 amide bonds. The van der Waals surface area contributed by atoms with Gasteiger partial charge in [-0.15, -0.1) is 0 Å². The van der Waals surface area contributed by atoms with E-state index in [1.54, 1.807) is 23.8 Å². The van der Waals surface area contributed by atoms with Crippen LogP contribution < -0.4 is 10.6 Å². The van der Waals surface area contributed by atoms with Crippen molar-refractivity contribution in [3.63, 3.8) is 0 Å². The minimum Gasteiger partial charge on any atom is -0.480 e. The fourth-order valence-corrected chi connectivity index (χ4v) is 6.61. The molecule has 8 atom stereocenters. The number of ether oxygens (including phenoxy) is 2. The van der Waals surface area contributed by atoms with Gasteiger partial charge in [0.15, 0.2) is 0 Å². The van der Waals surface area contributed by atoms with Gasteiger partial charge in [-0.2, -0.15) is 0 Å². The Morgan fingerprint density at radius 2 is 1.66 bits per heavy atom. The van der Waals surface area contributed by atoms with Gasteiger partial charge in [0, 0.05) is 41.2 Å². The van der Waals surface area contributed by atoms with E-state index in [-0.39, 0.29) is 42.4 Å². The first-order valence-electron chi connectivity index (χ1n) is 16.6. The van der Waals surface area contributed by atoms with Crippen LogP contribution in [0.4, 0.5) is 0 Å². The Morgan fingerprint density at radius 1 is 1.02 bits per heavy atom. The van der Waals surface area contributed by atoms with Crippen LogP contribution in [-0.2, 0) is 39.9 Å². The average molecular weight is 661 g/mol. The number of carboxylic acids is 1. The molecule has 264 valence electrons. The highest BCUT2D eigenvalue weighted by atomic mass is 16.5. The molecular weight excluding hydrogens is 604 g/mol. The zero-order valence-electron chi connectivity index (χ0n) is 29.5. The highest BCUT2D eigenvalue weighted by Gasteiger charge is 2.43. The van der Waals surface area contributed by atoms with Crippen molar-refractivity contribution in [2.45, 2.75) is 110 Å². The number of nitrogens with one attached hydrogen (secondary N) is 2. The molecule has 1 aliphatic heterocycles. The van der Waals surface area contributed by atoms with Crippen LogP contribution in [0.25, 0.3) is 0 Å². The Bertz CT molecular complexity index is 1200. The lowest BCUT2D eigenvalue weighted by molar-refractivity contribution is -0.148. The van der Waals surface area contributed by atoms with Crippen LogP contribution >= 0.6 is 0 Å². The van der Waals surface area contributed by atoms with E-state index in [0.29, 0.717) is 19.4 Å². The first-order valence-corrected chi connectivity index (χ1v) is 16.6. The Kier molecular flexibility index (Phi) is 15.8. The molecule has 0 spiro atoms. The fourth-order valence-electron chi connectivity index (χ4n) is 6.61. The number of benzene rings is 1. The second-order valence-corrected chi connectivity index (χ2v) is 13.1. The average Bonchev–Trinajstić information content (AvgIpc) is 3.52. The van der Waals surface area contributed by atoms with E-state index >= 15 is 0 Å². The Balaban J connectivity index is 2.23. The van der Waals surface area contributed by atoms with Crippen LogP contribution in [0, 0.1) is 17.8 Å². The van der Waals surface area contributed by atoms with Crippen molar-refractivity contribution < 1.29 is 38.6 Å². The smallest absolute Gasteiger partial charge is 0.326 e. The zero-order valence-corrected chi connectivity index (χ0v) is 29.5. The number of amides is 4. The molecule has 0 radical (unpaired) electrons. The molecule has 12 nitrogen and oxygen atoms in total. The summed E-state index contributed by atoms with van der Waals surface area (Å²) in [5.41, 5.74) is 0.786. The molecule has 0 unspecified atom stereocenters. The summed E-state index contributed by atoms with van der Waals surface area (Å²) in [6, 6.07) is 6.39. The molecule has 2 rings (SSSR count). The van der Waals surface area contributed by atoms with Gasteiger partial charge in [-0.25, -0.2) is 4.79 Å². The van der Waals surface area contributed by atoms with Gasteiger partial charge in [-0.1, -0.05) is 71.4 Å². The summed E-state index contributed by atoms with van der Waals surface area (Å²) in [5, 5.41) is 15.2. The molecule has 3 N–H and O–H groups in total. The lowest BCUT2D eigenvalue weighted by Gasteiger charge is -2.40. The van der Waals surface area contributed by atoms with Crippen LogP contribution in [-0.4, -0.2) is 109 Å². The van der Waals surface area contributed by atoms with Crippen molar-refractivity contribution in [2.75, 3.05) is 27.8 Å². The Morgan fingerprint density at radius 3 is 2.17 bits per heavy atom. The maximum atomic E-state index is 14.0. The topological polar surface area (TPSA) is 155 Å². The molecular formula is C35H56N4O8. The quantitative estimate of drug-likeness (QED) is 0.217. The number of nitrogens with zero attached hydrogens (tertiary/aromatic N) is 2. The van der Waals surface area contributed by atoms with Crippen LogP contribution in [0.15, 0.2) is 30.3 Å². The van der Waals surface area contributed by atoms with Gasteiger partial charge in [0.1, 0.15) is 12.1 Å². The maximum Gasteiger partial charge on any atom is 0.326 e. The number of carbonyl (C=O) groups is 5. The summed E-state index contributed by atoms with van der Waals surface area (Å²) in [6.45, 7) is 11.3. The van der Waals surface area contributed by atoms with Crippen LogP contribution in [0.5, 0.6) is 0 Å². The lowest BCUT2D eigenvalue weighted by atomic mass is 9.89. The number of carbonyl (C=O) groups excluding carboxylic acids is 4. The summed E-state index contributed by atoms with van der Waals surface area (Å²) in [6.07, 6.45) is 0.896. The van der Waals surface area contributed by atoms with Gasteiger partial charge in [0.25, 0.3) is 0 Å². The van der Waals surface area contributed by atoms with Crippen LogP contribution in [0.3, 0.4) is 0 Å². The Labute approximate surface area is 279 Å². The summed E-state index contributed by atoms with van der Waals surface area (Å²) in [7, 11) is 4.71. The van der Waals surface area contributed by atoms with E-state index in [4.69, 9.17) is 9.47 Å². The molecule has 12 heteroatoms. The maximum absolute atomic E-state index is 14.0. The van der Waals surface area contributed by atoms with Crippen molar-refractivity contribution in [1.82, 2.24) is 20.4 Å². The number of likely N-dealkylation sites (N-methyl/N-ethyl adjacent to an activating group) is 1. The van der Waals surface area contributed by atoms with E-state index in [2.05, 4.69) is 10.6 Å². The molecule has 0 aliphatic carbocycles. The third-order valence-electron chi connectivity index (χ3n) is 9.45. The van der Waals surface area contributed by atoms with Crippen molar-refractivity contribution in [3.8, 4) is 0 Å². The normalized spacial score (nSPS) is 19.2. The van der Waals surface area contributed by atoms with Gasteiger partial charge in [-0.3, -0.25) is 19.2 Å². The Hall–Kier alpha value is -3.51. The highest BCUT2D eigenvalue weighted by molar-refractivity contribution is 5.87. The standard InChI is InChI=1S/C35H56N4O8/c1-10-22(4)31(38(7)34(43)30(21(2)3)36-24(6)40)28(46-8)20-29(41)39-18-14-17-27(39)32(47-9)23(5)33(42)37-26(35(44)45)19-25-15-12-11-13-16-25/h11-13,15-16,21-23,26-28,30-32H,10,14,17-20H2,1-9H3,(H,36,40)(H,37,42)(H,44,45)/t22-,23+,26-,27-,28+,30-,31-,32+/m0/s1. The molecule has 1 heterocycles. The van der Waals surface area contributed by atoms with Crippen molar-refractivity contribution in [3.05, 3.63) is 35.9 Å². The van der Waals surface area contributed by atoms with Crippen LogP contribution in [0.2, 0.25) is 0 Å². The molecule has 1 aromatic rings. The van der Waals surface area contributed by atoms with Gasteiger partial charge >= 0.3 is 5.97 Å². The molecule has 0 bridgehead atoms. The van der Waals surface area contributed by atoms with E-state index < -0.39 is 54.2 Å². The summed E-state index contributed by atoms with van der Waals surface area (Å²) in [5.74, 6) is -3.24. The number of methoxy groups -OCH3 is 2. The SMILES string of the molecule is CC[C@H](C)[C@@H]([C@@H](CC(=O)N1CCC[C@H]1[C@H](OC)[C@@H](C)C(=O)N[C@@H](Cc1ccccc1)C(=O)O)OC)N(C)C(=O)[C@@H](NC(C)=O)C(C)C. The third kappa shape index (κ3) is 10.8. The minimum atomic E-state index is -1.14. The predicted molar refractivity (Wildman–Crippen MR) is 178 cm³/mol. The number of hydrogen-bond donors (Lipinski definition) is 3. The number of likely N-dealkylation sites (tertiary alicyclic amines) is 1. The second kappa shape index (κ2) is 18.7. The van der Waals surface area contributed by atoms with Crippen molar-refractivity contribution in [1.29, 1.82) is 0 Å². The van der Waals surface area contributed by atoms with Gasteiger partial charge in [-0.05, 0) is 30.2 Å². The minimum absolute atomic E-state index is 0.00127. The molecule has 1 aliphatic rings. The summed E-state index contributed by atoms with van der Waals surface area (Å²) in [4.78, 5) is 68.2. The van der Waals surface area contributed by atoms with Crippen molar-refractivity contribution in [2.24, 2.45) is 17.8 Å². The summed E-state index contributed by atoms with van der Waals surface area (Å²) < 4.78 is 11.7. The number of hydrogen-bond acceptors (Lipinski definition) is 7. The molecule has 1 saturated heterocycles. The third-order valence-corrected chi connectivity index (χ3v) is 9.45. The largest absolute Gasteiger partial charge is 0.480 e. The highest BCUT2D eigenvalue weighted by Crippen LogP contribution is 2.29. The number of carboxylic acid groups (broad SMARTS) is 1. The summed E-state index contributed by atoms with van der Waals surface area (Å²) >= 11 is 0. The first kappa shape index (κ1) is 39.7. The monoisotopic (exact) mass is 660 g/mol. The lowest BCUT2D eigenvalue weighted by Crippen LogP contribution is -2.57. The molecule has 1 fully saturated rings. The zero-order chi connectivity index (χ0) is 35.4. The number of aliphatic carboxylic acids is 1. The van der Waals surface area contributed by atoms with Gasteiger partial charge in [0.05, 0.1) is 36.6 Å². The van der Waals surface area contributed by atoms with Gasteiger partial charge in [0.2, 0.25) is 23.6 Å². The van der Waals surface area contributed by atoms with E-state index in [1.165, 1.54) is 21.1 Å². The van der Waals surface area contributed by atoms with Crippen LogP contribution in [0.1, 0.15) is 72.8 Å². The molecule has 0 saturated carbocycles. The van der Waals surface area contributed by atoms with E-state index in [9.17, 15) is 29.1 Å². The molecule has 47 heavy (non-hydrogen) atoms. The predicted octanol–water partition coefficient (Wildman–Crippen LogP) is 2.88. The van der Waals surface area contributed by atoms with Crippen molar-refractivity contribution >= 4 is 29.6 Å². The first-order chi connectivity index (χ1) is 22.2. The molecule has 0 aromatic heterocycles. The fraction of sp³-hybridized carbons (Fsp3) is 0.686. The second-order valence-electron chi connectivity index (χ2n) is 13.1. The van der Waals surface area contributed by atoms with E-state index in [1.807, 2.05) is 58.0 Å². The van der Waals surface area contributed by atoms with E-state index in [0.717, 1.165) is 12.0 Å².